The van der Waals surface area contributed by atoms with Crippen LogP contribution in [0.15, 0.2) is 0 Å². The maximum atomic E-state index is 12.2. The Morgan fingerprint density at radius 2 is 1.79 bits per heavy atom. The molecular weight excluding hydrogens is 244 g/mol. The number of amides is 1. The van der Waals surface area contributed by atoms with Gasteiger partial charge in [-0.2, -0.15) is 0 Å². The average Bonchev–Trinajstić information content (AvgIpc) is 2.28. The summed E-state index contributed by atoms with van der Waals surface area (Å²) in [4.78, 5) is 24.9. The number of aliphatic carboxylic acids is 1. The average molecular weight is 272 g/mol. The Balaban J connectivity index is 4.70. The van der Waals surface area contributed by atoms with E-state index >= 15 is 0 Å². The van der Waals surface area contributed by atoms with Crippen molar-refractivity contribution in [1.29, 1.82) is 0 Å². The molecule has 0 spiro atoms. The van der Waals surface area contributed by atoms with Crippen molar-refractivity contribution in [3.63, 3.8) is 0 Å². The normalized spacial score (nSPS) is 15.1. The molecule has 5 nitrogen and oxygen atoms in total. The molecule has 19 heavy (non-hydrogen) atoms. The molecule has 0 heterocycles. The predicted octanol–water partition coefficient (Wildman–Crippen LogP) is 1.86. The number of likely N-dealkylation sites (N-methyl/N-ethyl adjacent to an activating group) is 1. The molecule has 2 N–H and O–H groups in total. The van der Waals surface area contributed by atoms with Crippen molar-refractivity contribution in [2.24, 2.45) is 0 Å². The van der Waals surface area contributed by atoms with E-state index in [1.165, 1.54) is 0 Å². The highest BCUT2D eigenvalue weighted by molar-refractivity contribution is 5.82. The van der Waals surface area contributed by atoms with Crippen LogP contribution in [0.1, 0.15) is 54.4 Å². The lowest BCUT2D eigenvalue weighted by Gasteiger charge is -2.34. The first-order valence-electron chi connectivity index (χ1n) is 6.94. The van der Waals surface area contributed by atoms with Crippen molar-refractivity contribution in [3.8, 4) is 0 Å². The van der Waals surface area contributed by atoms with E-state index < -0.39 is 5.97 Å². The topological polar surface area (TPSA) is 69.6 Å². The van der Waals surface area contributed by atoms with Crippen molar-refractivity contribution in [3.05, 3.63) is 0 Å². The van der Waals surface area contributed by atoms with Gasteiger partial charge in [0.25, 0.3) is 0 Å². The first-order valence-corrected chi connectivity index (χ1v) is 6.94. The maximum absolute atomic E-state index is 12.2. The molecule has 0 saturated heterocycles. The summed E-state index contributed by atoms with van der Waals surface area (Å²) in [6.07, 6.45) is 0.894. The molecule has 2 atom stereocenters. The van der Waals surface area contributed by atoms with Gasteiger partial charge in [0.1, 0.15) is 0 Å². The number of nitrogens with one attached hydrogen (secondary N) is 1. The molecular formula is C14H28N2O3. The third kappa shape index (κ3) is 6.05. The molecule has 0 aromatic rings. The summed E-state index contributed by atoms with van der Waals surface area (Å²) >= 11 is 0. The molecule has 0 aromatic heterocycles. The van der Waals surface area contributed by atoms with Gasteiger partial charge in [0, 0.05) is 11.6 Å². The van der Waals surface area contributed by atoms with Gasteiger partial charge in [-0.05, 0) is 40.7 Å². The minimum Gasteiger partial charge on any atom is -0.481 e. The number of carbonyl (C=O) groups excluding carboxylic acids is 1. The highest BCUT2D eigenvalue weighted by Crippen LogP contribution is 2.12. The zero-order valence-electron chi connectivity index (χ0n) is 13.0. The van der Waals surface area contributed by atoms with Crippen LogP contribution in [0.3, 0.4) is 0 Å². The lowest BCUT2D eigenvalue weighted by atomic mass is 10.0. The highest BCUT2D eigenvalue weighted by atomic mass is 16.4. The molecule has 112 valence electrons. The number of nitrogens with zero attached hydrogens (tertiary/aromatic N) is 1. The van der Waals surface area contributed by atoms with E-state index in [2.05, 4.69) is 5.32 Å². The van der Waals surface area contributed by atoms with Gasteiger partial charge in [-0.1, -0.05) is 13.8 Å². The third-order valence-electron chi connectivity index (χ3n) is 3.62. The summed E-state index contributed by atoms with van der Waals surface area (Å²) in [7, 11) is 0. The fourth-order valence-electron chi connectivity index (χ4n) is 2.01. The van der Waals surface area contributed by atoms with Crippen LogP contribution in [0, 0.1) is 0 Å². The van der Waals surface area contributed by atoms with E-state index in [0.29, 0.717) is 6.54 Å². The lowest BCUT2D eigenvalue weighted by Crippen LogP contribution is -2.54. The van der Waals surface area contributed by atoms with Gasteiger partial charge in [0.2, 0.25) is 5.91 Å². The Morgan fingerprint density at radius 1 is 1.26 bits per heavy atom. The van der Waals surface area contributed by atoms with E-state index in [4.69, 9.17) is 5.11 Å². The minimum atomic E-state index is -0.840. The van der Waals surface area contributed by atoms with Crippen LogP contribution in [-0.4, -0.2) is 46.1 Å². The third-order valence-corrected chi connectivity index (χ3v) is 3.62. The van der Waals surface area contributed by atoms with Crippen LogP contribution in [-0.2, 0) is 9.59 Å². The van der Waals surface area contributed by atoms with Gasteiger partial charge >= 0.3 is 5.97 Å². The summed E-state index contributed by atoms with van der Waals surface area (Å²) in [5.41, 5.74) is -0.235. The number of rotatable bonds is 8. The molecule has 0 aliphatic carbocycles. The van der Waals surface area contributed by atoms with Crippen LogP contribution in [0.5, 0.6) is 0 Å². The fraction of sp³-hybridized carbons (Fsp3) is 0.857. The highest BCUT2D eigenvalue weighted by Gasteiger charge is 2.28. The number of carbonyl (C=O) groups is 2. The quantitative estimate of drug-likeness (QED) is 0.707. The second kappa shape index (κ2) is 7.48. The summed E-state index contributed by atoms with van der Waals surface area (Å²) in [5, 5.41) is 11.8. The van der Waals surface area contributed by atoms with Gasteiger partial charge in [-0.15, -0.1) is 0 Å². The Labute approximate surface area is 116 Å². The predicted molar refractivity (Wildman–Crippen MR) is 76.1 cm³/mol. The number of hydrogen-bond donors (Lipinski definition) is 2. The second-order valence-electron chi connectivity index (χ2n) is 5.68. The Morgan fingerprint density at radius 3 is 2.16 bits per heavy atom. The molecule has 0 bridgehead atoms. The van der Waals surface area contributed by atoms with Crippen LogP contribution in [0.25, 0.3) is 0 Å². The van der Waals surface area contributed by atoms with Gasteiger partial charge in [0.05, 0.1) is 12.5 Å². The lowest BCUT2D eigenvalue weighted by molar-refractivity contribution is -0.139. The summed E-state index contributed by atoms with van der Waals surface area (Å²) in [5.74, 6) is -0.890. The van der Waals surface area contributed by atoms with Crippen LogP contribution in [0.4, 0.5) is 0 Å². The van der Waals surface area contributed by atoms with Crippen LogP contribution < -0.4 is 5.32 Å². The van der Waals surface area contributed by atoms with Crippen molar-refractivity contribution < 1.29 is 14.7 Å². The van der Waals surface area contributed by atoms with Crippen molar-refractivity contribution in [1.82, 2.24) is 10.2 Å². The van der Waals surface area contributed by atoms with Gasteiger partial charge in [-0.3, -0.25) is 14.5 Å². The Bertz CT molecular complexity index is 316. The van der Waals surface area contributed by atoms with Crippen LogP contribution >= 0.6 is 0 Å². The molecule has 0 saturated carbocycles. The van der Waals surface area contributed by atoms with E-state index in [1.807, 2.05) is 46.4 Å². The van der Waals surface area contributed by atoms with Crippen molar-refractivity contribution in [2.45, 2.75) is 72.0 Å². The molecule has 0 aromatic carbocycles. The Kier molecular flexibility index (Phi) is 7.05. The summed E-state index contributed by atoms with van der Waals surface area (Å²) in [6, 6.07) is -0.488. The maximum Gasteiger partial charge on any atom is 0.304 e. The zero-order chi connectivity index (χ0) is 15.2. The number of carboxylic acid groups (broad SMARTS) is 1. The molecule has 0 rings (SSSR count). The minimum absolute atomic E-state index is 0.0443. The molecule has 5 heteroatoms. The van der Waals surface area contributed by atoms with E-state index in [0.717, 1.165) is 6.42 Å². The fourth-order valence-corrected chi connectivity index (χ4v) is 2.01. The van der Waals surface area contributed by atoms with E-state index in [9.17, 15) is 9.59 Å². The number of hydrogen-bond acceptors (Lipinski definition) is 3. The Hall–Kier alpha value is -1.10. The number of carboxylic acids is 1. The molecule has 0 aliphatic rings. The molecule has 0 fully saturated rings. The van der Waals surface area contributed by atoms with Crippen LogP contribution in [0.2, 0.25) is 0 Å². The van der Waals surface area contributed by atoms with E-state index in [1.54, 1.807) is 0 Å². The molecule has 0 aliphatic heterocycles. The first kappa shape index (κ1) is 17.9. The molecule has 1 amide bonds. The van der Waals surface area contributed by atoms with Gasteiger partial charge < -0.3 is 10.4 Å². The monoisotopic (exact) mass is 272 g/mol. The summed E-state index contributed by atoms with van der Waals surface area (Å²) < 4.78 is 0. The molecule has 2 unspecified atom stereocenters. The largest absolute Gasteiger partial charge is 0.481 e. The molecule has 0 radical (unpaired) electrons. The first-order chi connectivity index (χ1) is 8.64. The summed E-state index contributed by atoms with van der Waals surface area (Å²) in [6.45, 7) is 12.2. The standard InChI is InChI=1S/C14H28N2O3/c1-7-14(5,6)15-13(19)11(4)16(8-2)10(3)9-12(17)18/h10-11H,7-9H2,1-6H3,(H,15,19)(H,17,18). The van der Waals surface area contributed by atoms with E-state index in [-0.39, 0.29) is 30.0 Å². The smallest absolute Gasteiger partial charge is 0.304 e. The second-order valence-corrected chi connectivity index (χ2v) is 5.68. The van der Waals surface area contributed by atoms with Gasteiger partial charge in [0.15, 0.2) is 0 Å². The van der Waals surface area contributed by atoms with Crippen molar-refractivity contribution >= 4 is 11.9 Å². The SMILES string of the molecule is CCN(C(C)CC(=O)O)C(C)C(=O)NC(C)(C)CC. The van der Waals surface area contributed by atoms with Crippen molar-refractivity contribution in [2.75, 3.05) is 6.54 Å². The van der Waals surface area contributed by atoms with Gasteiger partial charge in [-0.25, -0.2) is 0 Å². The zero-order valence-corrected chi connectivity index (χ0v) is 13.0.